The molecule has 0 aromatic carbocycles. The second-order valence-electron chi connectivity index (χ2n) is 5.42. The summed E-state index contributed by atoms with van der Waals surface area (Å²) in [6.45, 7) is 6.60. The van der Waals surface area contributed by atoms with E-state index in [1.807, 2.05) is 11.6 Å². The minimum absolute atomic E-state index is 0.0487. The monoisotopic (exact) mass is 225 g/mol. The number of rotatable bonds is 2. The highest BCUT2D eigenvalue weighted by Crippen LogP contribution is 2.54. The average Bonchev–Trinajstić information content (AvgIpc) is 2.75. The zero-order chi connectivity index (χ0) is 11.1. The first-order valence-corrected chi connectivity index (χ1v) is 6.52. The van der Waals surface area contributed by atoms with Crippen LogP contribution in [0.4, 0.5) is 0 Å². The molecule has 0 aromatic heterocycles. The summed E-state index contributed by atoms with van der Waals surface area (Å²) in [4.78, 5) is 12.5. The molecule has 1 N–H and O–H groups in total. The van der Waals surface area contributed by atoms with Gasteiger partial charge in [0.25, 0.3) is 0 Å². The van der Waals surface area contributed by atoms with Gasteiger partial charge in [-0.15, -0.1) is 0 Å². The standard InChI is InChI=1S/C12H19NOS/c1-11(2)5-4-6-12(11,3)9(14)10-13-7-8-15-10/h7-8,10,13H,4-6H2,1-3H3. The maximum absolute atomic E-state index is 12.5. The molecular formula is C12H19NOS. The Morgan fingerprint density at radius 2 is 2.13 bits per heavy atom. The molecule has 2 unspecified atom stereocenters. The average molecular weight is 225 g/mol. The number of ketones is 1. The molecule has 3 heteroatoms. The molecule has 2 rings (SSSR count). The molecule has 0 bridgehead atoms. The molecule has 15 heavy (non-hydrogen) atoms. The number of hydrogen-bond donors (Lipinski definition) is 1. The maximum atomic E-state index is 12.5. The van der Waals surface area contributed by atoms with Crippen LogP contribution >= 0.6 is 11.8 Å². The summed E-state index contributed by atoms with van der Waals surface area (Å²) >= 11 is 1.60. The molecular weight excluding hydrogens is 206 g/mol. The van der Waals surface area contributed by atoms with Crippen molar-refractivity contribution >= 4 is 17.5 Å². The van der Waals surface area contributed by atoms with Crippen molar-refractivity contribution in [1.29, 1.82) is 0 Å². The predicted octanol–water partition coefficient (Wildman–Crippen LogP) is 2.91. The van der Waals surface area contributed by atoms with Crippen LogP contribution in [0.2, 0.25) is 0 Å². The summed E-state index contributed by atoms with van der Waals surface area (Å²) in [5.74, 6) is 0.375. The third-order valence-corrected chi connectivity index (χ3v) is 5.20. The van der Waals surface area contributed by atoms with Crippen molar-refractivity contribution in [3.8, 4) is 0 Å². The van der Waals surface area contributed by atoms with Crippen molar-refractivity contribution in [2.45, 2.75) is 45.4 Å². The summed E-state index contributed by atoms with van der Waals surface area (Å²) in [5.41, 5.74) is -0.00139. The number of thioether (sulfide) groups is 1. The Bertz CT molecular complexity index is 303. The van der Waals surface area contributed by atoms with Gasteiger partial charge in [-0.05, 0) is 23.7 Å². The zero-order valence-corrected chi connectivity index (χ0v) is 10.5. The van der Waals surface area contributed by atoms with Gasteiger partial charge in [0.05, 0.1) is 0 Å². The molecule has 0 spiro atoms. The van der Waals surface area contributed by atoms with Gasteiger partial charge in [0, 0.05) is 11.6 Å². The second-order valence-corrected chi connectivity index (χ2v) is 6.44. The van der Waals surface area contributed by atoms with E-state index < -0.39 is 0 Å². The largest absolute Gasteiger partial charge is 0.372 e. The van der Waals surface area contributed by atoms with Gasteiger partial charge in [0.15, 0.2) is 5.78 Å². The lowest BCUT2D eigenvalue weighted by atomic mass is 9.66. The quantitative estimate of drug-likeness (QED) is 0.783. The number of hydrogen-bond acceptors (Lipinski definition) is 3. The van der Waals surface area contributed by atoms with Crippen LogP contribution in [0.15, 0.2) is 11.6 Å². The Morgan fingerprint density at radius 1 is 1.40 bits per heavy atom. The molecule has 1 heterocycles. The highest BCUT2D eigenvalue weighted by Gasteiger charge is 2.52. The maximum Gasteiger partial charge on any atom is 0.172 e. The van der Waals surface area contributed by atoms with E-state index in [1.54, 1.807) is 11.8 Å². The predicted molar refractivity (Wildman–Crippen MR) is 64.4 cm³/mol. The van der Waals surface area contributed by atoms with E-state index in [-0.39, 0.29) is 16.2 Å². The third-order valence-electron chi connectivity index (χ3n) is 4.28. The number of nitrogens with one attached hydrogen (secondary N) is 1. The highest BCUT2D eigenvalue weighted by atomic mass is 32.2. The zero-order valence-electron chi connectivity index (χ0n) is 9.67. The molecule has 0 aromatic rings. The first-order valence-electron chi connectivity index (χ1n) is 5.58. The van der Waals surface area contributed by atoms with E-state index in [0.717, 1.165) is 6.42 Å². The topological polar surface area (TPSA) is 29.1 Å². The van der Waals surface area contributed by atoms with Gasteiger partial charge in [-0.1, -0.05) is 39.0 Å². The molecule has 2 aliphatic rings. The van der Waals surface area contributed by atoms with Gasteiger partial charge in [0.2, 0.25) is 0 Å². The van der Waals surface area contributed by atoms with Crippen LogP contribution in [0.5, 0.6) is 0 Å². The van der Waals surface area contributed by atoms with Crippen LogP contribution in [-0.4, -0.2) is 11.2 Å². The molecule has 0 saturated heterocycles. The van der Waals surface area contributed by atoms with E-state index in [9.17, 15) is 4.79 Å². The summed E-state index contributed by atoms with van der Waals surface area (Å²) in [5, 5.41) is 5.05. The molecule has 1 saturated carbocycles. The fourth-order valence-corrected chi connectivity index (χ4v) is 3.52. The van der Waals surface area contributed by atoms with E-state index in [2.05, 4.69) is 26.1 Å². The molecule has 2 nitrogen and oxygen atoms in total. The Kier molecular flexibility index (Phi) is 2.61. The van der Waals surface area contributed by atoms with E-state index in [1.165, 1.54) is 12.8 Å². The molecule has 0 radical (unpaired) electrons. The first-order chi connectivity index (χ1) is 6.97. The molecule has 1 fully saturated rings. The minimum Gasteiger partial charge on any atom is -0.372 e. The van der Waals surface area contributed by atoms with E-state index in [0.29, 0.717) is 5.78 Å². The van der Waals surface area contributed by atoms with Crippen LogP contribution in [0.1, 0.15) is 40.0 Å². The fraction of sp³-hybridized carbons (Fsp3) is 0.750. The lowest BCUT2D eigenvalue weighted by Crippen LogP contribution is -2.45. The van der Waals surface area contributed by atoms with Gasteiger partial charge < -0.3 is 5.32 Å². The van der Waals surface area contributed by atoms with Gasteiger partial charge in [-0.3, -0.25) is 4.79 Å². The highest BCUT2D eigenvalue weighted by molar-refractivity contribution is 8.03. The Labute approximate surface area is 95.9 Å². The molecule has 2 atom stereocenters. The third kappa shape index (κ3) is 1.61. The van der Waals surface area contributed by atoms with Crippen molar-refractivity contribution < 1.29 is 4.79 Å². The van der Waals surface area contributed by atoms with Crippen molar-refractivity contribution in [2.24, 2.45) is 10.8 Å². The second kappa shape index (κ2) is 3.55. The SMILES string of the molecule is CC1(C)CCCC1(C)C(=O)C1NC=CS1. The molecule has 84 valence electrons. The first kappa shape index (κ1) is 11.1. The van der Waals surface area contributed by atoms with Crippen molar-refractivity contribution in [3.63, 3.8) is 0 Å². The molecule has 1 aliphatic carbocycles. The normalized spacial score (nSPS) is 37.9. The van der Waals surface area contributed by atoms with Crippen LogP contribution in [-0.2, 0) is 4.79 Å². The minimum atomic E-state index is -0.149. The van der Waals surface area contributed by atoms with Gasteiger partial charge in [-0.2, -0.15) is 0 Å². The summed E-state index contributed by atoms with van der Waals surface area (Å²) < 4.78 is 0. The van der Waals surface area contributed by atoms with Gasteiger partial charge >= 0.3 is 0 Å². The number of carbonyl (C=O) groups excluding carboxylic acids is 1. The van der Waals surface area contributed by atoms with Crippen LogP contribution in [0.3, 0.4) is 0 Å². The van der Waals surface area contributed by atoms with E-state index in [4.69, 9.17) is 0 Å². The summed E-state index contributed by atoms with van der Waals surface area (Å²) in [6.07, 6.45) is 5.26. The lowest BCUT2D eigenvalue weighted by molar-refractivity contribution is -0.132. The number of Topliss-reactive ketones (excluding diaryl/α,β-unsaturated/α-hetero) is 1. The molecule has 1 aliphatic heterocycles. The molecule has 0 amide bonds. The van der Waals surface area contributed by atoms with Gasteiger partial charge in [0.1, 0.15) is 5.37 Å². The summed E-state index contributed by atoms with van der Waals surface area (Å²) in [6, 6.07) is 0. The van der Waals surface area contributed by atoms with E-state index >= 15 is 0 Å². The van der Waals surface area contributed by atoms with Crippen LogP contribution in [0.25, 0.3) is 0 Å². The lowest BCUT2D eigenvalue weighted by Gasteiger charge is -2.38. The Hall–Kier alpha value is -0.440. The summed E-state index contributed by atoms with van der Waals surface area (Å²) in [7, 11) is 0. The van der Waals surface area contributed by atoms with Crippen molar-refractivity contribution in [3.05, 3.63) is 11.6 Å². The fourth-order valence-electron chi connectivity index (χ4n) is 2.67. The van der Waals surface area contributed by atoms with Crippen molar-refractivity contribution in [2.75, 3.05) is 0 Å². The van der Waals surface area contributed by atoms with Gasteiger partial charge in [-0.25, -0.2) is 0 Å². The van der Waals surface area contributed by atoms with Crippen molar-refractivity contribution in [1.82, 2.24) is 5.32 Å². The van der Waals surface area contributed by atoms with Crippen LogP contribution in [0, 0.1) is 10.8 Å². The number of carbonyl (C=O) groups is 1. The Morgan fingerprint density at radius 3 is 2.60 bits per heavy atom. The smallest absolute Gasteiger partial charge is 0.172 e. The van der Waals surface area contributed by atoms with Crippen LogP contribution < -0.4 is 5.32 Å². The Balaban J connectivity index is 2.18.